The molecule has 4 unspecified atom stereocenters. The topological polar surface area (TPSA) is 99.4 Å². The zero-order valence-corrected chi connectivity index (χ0v) is 15.4. The Morgan fingerprint density at radius 2 is 0.923 bits per heavy atom. The molecule has 3 rings (SSSR count). The zero-order chi connectivity index (χ0) is 18.5. The Hall–Kier alpha value is -0.500. The second kappa shape index (κ2) is 9.62. The summed E-state index contributed by atoms with van der Waals surface area (Å²) in [6.45, 7) is 0. The third-order valence-electron chi connectivity index (χ3n) is 6.19. The lowest BCUT2D eigenvalue weighted by molar-refractivity contribution is -0.180. The third kappa shape index (κ3) is 5.75. The molecule has 0 spiro atoms. The summed E-state index contributed by atoms with van der Waals surface area (Å²) in [7, 11) is 0. The van der Waals surface area contributed by atoms with Crippen molar-refractivity contribution in [1.82, 2.24) is 0 Å². The molecular weight excluding hydrogens is 336 g/mol. The molecule has 0 bridgehead atoms. The van der Waals surface area contributed by atoms with Crippen LogP contribution in [-0.2, 0) is 9.47 Å². The maximum Gasteiger partial charge on any atom is 0.158 e. The van der Waals surface area contributed by atoms with Gasteiger partial charge in [-0.25, -0.2) is 0 Å². The van der Waals surface area contributed by atoms with E-state index in [4.69, 9.17) is 9.47 Å². The molecule has 0 heterocycles. The fraction of sp³-hybridized carbons (Fsp3) is 0.900. The van der Waals surface area contributed by atoms with Gasteiger partial charge in [-0.3, -0.25) is 0 Å². The van der Waals surface area contributed by atoms with E-state index < -0.39 is 12.6 Å². The van der Waals surface area contributed by atoms with Crippen LogP contribution in [0.4, 0.5) is 0 Å². The van der Waals surface area contributed by atoms with E-state index in [1.54, 1.807) is 0 Å². The Morgan fingerprint density at radius 1 is 0.577 bits per heavy atom. The van der Waals surface area contributed by atoms with Crippen molar-refractivity contribution >= 4 is 0 Å². The summed E-state index contributed by atoms with van der Waals surface area (Å²) in [5.41, 5.74) is 0. The van der Waals surface area contributed by atoms with Crippen molar-refractivity contribution in [1.29, 1.82) is 0 Å². The van der Waals surface area contributed by atoms with Gasteiger partial charge in [0, 0.05) is 11.8 Å². The van der Waals surface area contributed by atoms with Crippen LogP contribution in [0.5, 0.6) is 0 Å². The number of hydrogen-bond acceptors (Lipinski definition) is 6. The molecule has 0 amide bonds. The van der Waals surface area contributed by atoms with Gasteiger partial charge in [0.25, 0.3) is 0 Å². The molecule has 26 heavy (non-hydrogen) atoms. The minimum Gasteiger partial charge on any atom is -0.393 e. The van der Waals surface area contributed by atoms with Crippen molar-refractivity contribution in [2.75, 3.05) is 0 Å². The molecule has 0 aromatic carbocycles. The van der Waals surface area contributed by atoms with Gasteiger partial charge in [0.15, 0.2) is 12.6 Å². The Morgan fingerprint density at radius 3 is 1.23 bits per heavy atom. The lowest BCUT2D eigenvalue weighted by Gasteiger charge is -2.34. The summed E-state index contributed by atoms with van der Waals surface area (Å²) in [6.07, 6.45) is 9.20. The molecular formula is C20H34O6. The lowest BCUT2D eigenvalue weighted by Crippen LogP contribution is -2.35. The van der Waals surface area contributed by atoms with Gasteiger partial charge in [0.2, 0.25) is 0 Å². The van der Waals surface area contributed by atoms with Crippen molar-refractivity contribution in [2.45, 2.75) is 101 Å². The molecule has 0 aromatic heterocycles. The van der Waals surface area contributed by atoms with Crippen LogP contribution in [0.25, 0.3) is 0 Å². The van der Waals surface area contributed by atoms with Gasteiger partial charge in [-0.05, 0) is 64.2 Å². The second-order valence-corrected chi connectivity index (χ2v) is 8.23. The summed E-state index contributed by atoms with van der Waals surface area (Å²) >= 11 is 0. The molecule has 150 valence electrons. The standard InChI is InChI=1S/C20H34O6/c21-15-5-1-13(2-6-15)19(23)25-17-9-11-18(12-10-17)26-20(24)14-3-7-16(22)8-4-14/h9,11,13-24H,1-8,10,12H2. The van der Waals surface area contributed by atoms with Gasteiger partial charge in [0.1, 0.15) is 0 Å². The normalized spacial score (nSPS) is 40.9. The van der Waals surface area contributed by atoms with E-state index in [9.17, 15) is 20.4 Å². The SMILES string of the molecule is OC1CCC(C(O)OC2C=CC(OC(O)C3CCC(O)CC3)CC2)CC1. The molecule has 0 aromatic rings. The average Bonchev–Trinajstić information content (AvgIpc) is 2.64. The first-order valence-electron chi connectivity index (χ1n) is 10.2. The molecule has 2 fully saturated rings. The van der Waals surface area contributed by atoms with Crippen molar-refractivity contribution < 1.29 is 29.9 Å². The summed E-state index contributed by atoms with van der Waals surface area (Å²) in [4.78, 5) is 0. The van der Waals surface area contributed by atoms with E-state index in [0.717, 1.165) is 64.2 Å². The minimum absolute atomic E-state index is 0.101. The molecule has 4 N–H and O–H groups in total. The van der Waals surface area contributed by atoms with E-state index in [1.807, 2.05) is 12.2 Å². The number of aliphatic hydroxyl groups excluding tert-OH is 4. The van der Waals surface area contributed by atoms with Gasteiger partial charge in [-0.15, -0.1) is 0 Å². The summed E-state index contributed by atoms with van der Waals surface area (Å²) in [5.74, 6) is 0.202. The lowest BCUT2D eigenvalue weighted by atomic mass is 9.87. The third-order valence-corrected chi connectivity index (χ3v) is 6.19. The molecule has 6 heteroatoms. The van der Waals surface area contributed by atoms with Crippen LogP contribution in [0, 0.1) is 11.8 Å². The molecule has 3 aliphatic rings. The Labute approximate surface area is 155 Å². The molecule has 4 atom stereocenters. The predicted molar refractivity (Wildman–Crippen MR) is 96.1 cm³/mol. The highest BCUT2D eigenvalue weighted by Gasteiger charge is 2.30. The van der Waals surface area contributed by atoms with E-state index in [-0.39, 0.29) is 36.3 Å². The number of aliphatic hydroxyl groups is 4. The largest absolute Gasteiger partial charge is 0.393 e. The number of ether oxygens (including phenoxy) is 2. The maximum absolute atomic E-state index is 10.3. The minimum atomic E-state index is -0.783. The summed E-state index contributed by atoms with van der Waals surface area (Å²) in [5, 5.41) is 39.7. The van der Waals surface area contributed by atoms with Crippen LogP contribution in [0.3, 0.4) is 0 Å². The van der Waals surface area contributed by atoms with Gasteiger partial charge < -0.3 is 29.9 Å². The first kappa shape index (κ1) is 20.2. The highest BCUT2D eigenvalue weighted by atomic mass is 16.6. The van der Waals surface area contributed by atoms with E-state index in [0.29, 0.717) is 0 Å². The van der Waals surface area contributed by atoms with E-state index in [2.05, 4.69) is 0 Å². The monoisotopic (exact) mass is 370 g/mol. The smallest absolute Gasteiger partial charge is 0.158 e. The van der Waals surface area contributed by atoms with E-state index in [1.165, 1.54) is 0 Å². The van der Waals surface area contributed by atoms with Crippen molar-refractivity contribution in [2.24, 2.45) is 11.8 Å². The van der Waals surface area contributed by atoms with Crippen molar-refractivity contribution in [3.8, 4) is 0 Å². The summed E-state index contributed by atoms with van der Waals surface area (Å²) < 4.78 is 11.6. The molecule has 2 saturated carbocycles. The molecule has 6 nitrogen and oxygen atoms in total. The van der Waals surface area contributed by atoms with E-state index >= 15 is 0 Å². The van der Waals surface area contributed by atoms with Gasteiger partial charge >= 0.3 is 0 Å². The van der Waals surface area contributed by atoms with Gasteiger partial charge in [0.05, 0.1) is 24.4 Å². The van der Waals surface area contributed by atoms with Crippen LogP contribution in [0.2, 0.25) is 0 Å². The van der Waals surface area contributed by atoms with Crippen molar-refractivity contribution in [3.05, 3.63) is 12.2 Å². The molecule has 0 radical (unpaired) electrons. The predicted octanol–water partition coefficient (Wildman–Crippen LogP) is 1.85. The van der Waals surface area contributed by atoms with Crippen LogP contribution in [0.1, 0.15) is 64.2 Å². The Kier molecular flexibility index (Phi) is 7.49. The van der Waals surface area contributed by atoms with Crippen LogP contribution in [-0.4, -0.2) is 57.4 Å². The highest BCUT2D eigenvalue weighted by molar-refractivity contribution is 5.01. The first-order valence-corrected chi connectivity index (χ1v) is 10.2. The molecule has 0 saturated heterocycles. The number of rotatable bonds is 6. The fourth-order valence-electron chi connectivity index (χ4n) is 4.35. The Bertz CT molecular complexity index is 400. The average molecular weight is 370 g/mol. The second-order valence-electron chi connectivity index (χ2n) is 8.23. The summed E-state index contributed by atoms with van der Waals surface area (Å²) in [6, 6.07) is 0. The van der Waals surface area contributed by atoms with Crippen LogP contribution in [0.15, 0.2) is 12.2 Å². The van der Waals surface area contributed by atoms with Crippen molar-refractivity contribution in [3.63, 3.8) is 0 Å². The number of hydrogen-bond donors (Lipinski definition) is 4. The first-order chi connectivity index (χ1) is 12.5. The van der Waals surface area contributed by atoms with Crippen LogP contribution >= 0.6 is 0 Å². The van der Waals surface area contributed by atoms with Gasteiger partial charge in [-0.2, -0.15) is 0 Å². The zero-order valence-electron chi connectivity index (χ0n) is 15.4. The maximum atomic E-state index is 10.3. The quantitative estimate of drug-likeness (QED) is 0.421. The van der Waals surface area contributed by atoms with Gasteiger partial charge in [-0.1, -0.05) is 12.2 Å². The fourth-order valence-corrected chi connectivity index (χ4v) is 4.35. The molecule has 3 aliphatic carbocycles. The van der Waals surface area contributed by atoms with Crippen LogP contribution < -0.4 is 0 Å². The highest BCUT2D eigenvalue weighted by Crippen LogP contribution is 2.31. The Balaban J connectivity index is 1.39. The molecule has 0 aliphatic heterocycles.